The zero-order valence-electron chi connectivity index (χ0n) is 36.6. The minimum atomic E-state index is -1.01. The van der Waals surface area contributed by atoms with Crippen LogP contribution in [0.25, 0.3) is 12.2 Å². The van der Waals surface area contributed by atoms with E-state index in [4.69, 9.17) is 4.74 Å². The second-order valence-electron chi connectivity index (χ2n) is 18.5. The lowest BCUT2D eigenvalue weighted by atomic mass is 9.67. The van der Waals surface area contributed by atoms with Crippen molar-refractivity contribution in [3.8, 4) is 17.2 Å². The number of phenols is 2. The standard InChI is InChI=1S/C54H61N3O7/c58-23-4-6-36-14-11-34-25-39(36)30-38-18-21-56-54(38)57-32-41-31-47-44(19-22-55-47)46(28-33-10-15-37-5-3-9-48(60)43(37)16-12-33)51(41)53(63)45(20-24-59)49(61)17-13-35-27-40(26-34)52(62)50(29-35)64-42-7-1-2-8-42/h3,5,9,11-12,14,16,18-19,21-22,25,27,29,31,33,42,45-46,51,55-60,62H,1-2,4,6-8,10,13,15,17,20,23-24,26,28,30,32H2. The van der Waals surface area contributed by atoms with E-state index < -0.39 is 11.8 Å². The molecule has 1 fully saturated rings. The molecule has 334 valence electrons. The van der Waals surface area contributed by atoms with Gasteiger partial charge in [0, 0.05) is 80.1 Å². The number of carbonyl (C=O) groups is 2. The molecule has 64 heavy (non-hydrogen) atoms. The van der Waals surface area contributed by atoms with Crippen LogP contribution in [0.5, 0.6) is 17.2 Å². The quantitative estimate of drug-likeness (QED) is 0.0721. The maximum atomic E-state index is 15.4. The van der Waals surface area contributed by atoms with E-state index >= 15 is 4.79 Å². The third-order valence-electron chi connectivity index (χ3n) is 14.3. The van der Waals surface area contributed by atoms with E-state index in [-0.39, 0.29) is 67.1 Å². The zero-order valence-corrected chi connectivity index (χ0v) is 36.6. The predicted molar refractivity (Wildman–Crippen MR) is 250 cm³/mol. The lowest BCUT2D eigenvalue weighted by Crippen LogP contribution is -2.38. The molecular weight excluding hydrogens is 803 g/mol. The molecule has 7 N–H and O–H groups in total. The number of fused-ring (bicyclic) bond motifs is 8. The van der Waals surface area contributed by atoms with Gasteiger partial charge in [0.1, 0.15) is 17.4 Å². The Morgan fingerprint density at radius 2 is 1.62 bits per heavy atom. The van der Waals surface area contributed by atoms with Crippen molar-refractivity contribution in [3.63, 3.8) is 0 Å². The highest BCUT2D eigenvalue weighted by Gasteiger charge is 2.42. The summed E-state index contributed by atoms with van der Waals surface area (Å²) in [7, 11) is 0. The Morgan fingerprint density at radius 3 is 2.47 bits per heavy atom. The van der Waals surface area contributed by atoms with E-state index in [2.05, 4.69) is 63.8 Å². The van der Waals surface area contributed by atoms with Crippen molar-refractivity contribution < 1.29 is 34.8 Å². The molecule has 10 heteroatoms. The summed E-state index contributed by atoms with van der Waals surface area (Å²) in [6.07, 6.45) is 19.3. The summed E-state index contributed by atoms with van der Waals surface area (Å²) >= 11 is 0. The van der Waals surface area contributed by atoms with Gasteiger partial charge in [0.05, 0.1) is 12.0 Å². The van der Waals surface area contributed by atoms with Crippen LogP contribution in [0.15, 0.2) is 84.7 Å². The van der Waals surface area contributed by atoms with E-state index in [9.17, 15) is 25.2 Å². The predicted octanol–water partition coefficient (Wildman–Crippen LogP) is 9.14. The molecule has 3 heterocycles. The molecule has 3 aliphatic carbocycles. The van der Waals surface area contributed by atoms with E-state index in [0.29, 0.717) is 50.0 Å². The molecule has 3 aromatic carbocycles. The maximum Gasteiger partial charge on any atom is 0.161 e. The third kappa shape index (κ3) is 9.35. The average Bonchev–Trinajstić information content (AvgIpc) is 4.07. The highest BCUT2D eigenvalue weighted by Crippen LogP contribution is 2.46. The van der Waals surface area contributed by atoms with Gasteiger partial charge in [-0.3, -0.25) is 9.59 Å². The van der Waals surface area contributed by atoms with Crippen molar-refractivity contribution in [3.05, 3.63) is 140 Å². The molecule has 4 atom stereocenters. The lowest BCUT2D eigenvalue weighted by molar-refractivity contribution is -0.135. The Labute approximate surface area is 375 Å². The lowest BCUT2D eigenvalue weighted by Gasteiger charge is -2.36. The number of aromatic amines is 2. The van der Waals surface area contributed by atoms with Gasteiger partial charge in [0.15, 0.2) is 17.3 Å². The first-order valence-corrected chi connectivity index (χ1v) is 23.4. The number of Topliss-reactive ketones (excluding diaryl/α,β-unsaturated/α-hetero) is 2. The number of allylic oxidation sites excluding steroid dienone is 1. The monoisotopic (exact) mass is 863 g/mol. The number of ketones is 2. The number of H-pyrrole nitrogens is 2. The summed E-state index contributed by atoms with van der Waals surface area (Å²) in [4.78, 5) is 36.9. The molecule has 2 aromatic heterocycles. The van der Waals surface area contributed by atoms with Gasteiger partial charge in [-0.2, -0.15) is 0 Å². The largest absolute Gasteiger partial charge is 0.507 e. The number of aromatic hydroxyl groups is 2. The molecule has 0 saturated heterocycles. The van der Waals surface area contributed by atoms with Crippen LogP contribution in [-0.2, 0) is 41.7 Å². The molecule has 4 aliphatic rings. The zero-order chi connectivity index (χ0) is 44.2. The van der Waals surface area contributed by atoms with Gasteiger partial charge in [0.2, 0.25) is 0 Å². The molecule has 1 aliphatic heterocycles. The van der Waals surface area contributed by atoms with Crippen LogP contribution in [0.3, 0.4) is 0 Å². The maximum absolute atomic E-state index is 15.4. The number of aliphatic hydroxyl groups excluding tert-OH is 2. The molecule has 10 nitrogen and oxygen atoms in total. The highest BCUT2D eigenvalue weighted by molar-refractivity contribution is 6.05. The third-order valence-corrected chi connectivity index (χ3v) is 14.3. The normalized spacial score (nSPS) is 21.6. The van der Waals surface area contributed by atoms with Crippen LogP contribution in [0.2, 0.25) is 0 Å². The second-order valence-corrected chi connectivity index (χ2v) is 18.5. The van der Waals surface area contributed by atoms with Gasteiger partial charge in [0.25, 0.3) is 0 Å². The van der Waals surface area contributed by atoms with Crippen LogP contribution < -0.4 is 10.1 Å². The molecule has 5 aromatic rings. The average molecular weight is 864 g/mol. The van der Waals surface area contributed by atoms with Gasteiger partial charge < -0.3 is 40.4 Å². The minimum absolute atomic E-state index is 0.0143. The van der Waals surface area contributed by atoms with Crippen LogP contribution in [0.1, 0.15) is 119 Å². The Balaban J connectivity index is 1.11. The Bertz CT molecular complexity index is 2540. The number of aliphatic hydroxyl groups is 2. The second kappa shape index (κ2) is 19.5. The first kappa shape index (κ1) is 43.4. The number of benzene rings is 3. The number of phenolic OH excluding ortho intramolecular Hbond substituents is 2. The Kier molecular flexibility index (Phi) is 13.2. The summed E-state index contributed by atoms with van der Waals surface area (Å²) in [6.45, 7) is 0.148. The number of hydrogen-bond donors (Lipinski definition) is 7. The highest BCUT2D eigenvalue weighted by atomic mass is 16.5. The summed E-state index contributed by atoms with van der Waals surface area (Å²) in [5, 5.41) is 46.4. The van der Waals surface area contributed by atoms with Crippen molar-refractivity contribution in [2.75, 3.05) is 25.1 Å². The minimum Gasteiger partial charge on any atom is -0.507 e. The van der Waals surface area contributed by atoms with Gasteiger partial charge in [-0.25, -0.2) is 0 Å². The number of aromatic nitrogens is 2. The molecule has 9 rings (SSSR count). The van der Waals surface area contributed by atoms with Crippen LogP contribution in [-0.4, -0.2) is 67.8 Å². The van der Waals surface area contributed by atoms with Crippen molar-refractivity contribution >= 4 is 29.5 Å². The van der Waals surface area contributed by atoms with Crippen molar-refractivity contribution in [2.24, 2.45) is 17.8 Å². The van der Waals surface area contributed by atoms with Gasteiger partial charge >= 0.3 is 0 Å². The number of hydrogen-bond acceptors (Lipinski definition) is 8. The van der Waals surface area contributed by atoms with Gasteiger partial charge in [-0.1, -0.05) is 48.6 Å². The molecule has 0 amide bonds. The summed E-state index contributed by atoms with van der Waals surface area (Å²) in [5.41, 5.74) is 10.7. The van der Waals surface area contributed by atoms with Crippen molar-refractivity contribution in [1.29, 1.82) is 0 Å². The topological polar surface area (TPSA) is 168 Å². The Morgan fingerprint density at radius 1 is 0.781 bits per heavy atom. The molecule has 0 radical (unpaired) electrons. The van der Waals surface area contributed by atoms with Crippen LogP contribution in [0, 0.1) is 17.8 Å². The number of ether oxygens (including phenoxy) is 1. The first-order valence-electron chi connectivity index (χ1n) is 23.4. The van der Waals surface area contributed by atoms with Gasteiger partial charge in [-0.05, 0) is 151 Å². The number of anilines is 1. The van der Waals surface area contributed by atoms with Gasteiger partial charge in [-0.15, -0.1) is 0 Å². The Hall–Kier alpha value is -5.84. The molecule has 0 spiro atoms. The SMILES string of the molecule is O=C1CCc2cc(c(O)c(OC3CCCC3)c2)Cc2ccc(CCCO)c(c2)Cc2cc[nH]c2NCC2=Cc3[nH]ccc3C(CC3C=Cc4c(O)cccc4CC3)C2C(=O)C1CCO. The summed E-state index contributed by atoms with van der Waals surface area (Å²) in [5.74, 6) is -0.552. The summed E-state index contributed by atoms with van der Waals surface area (Å²) in [6, 6.07) is 20.1. The molecule has 1 saturated carbocycles. The van der Waals surface area contributed by atoms with E-state index in [1.165, 1.54) is 0 Å². The number of rotatable bonds is 9. The van der Waals surface area contributed by atoms with E-state index in [1.54, 1.807) is 6.07 Å². The summed E-state index contributed by atoms with van der Waals surface area (Å²) < 4.78 is 6.47. The molecule has 4 bridgehead atoms. The number of nitrogens with one attached hydrogen (secondary N) is 3. The molecular formula is C54H61N3O7. The number of carbonyl (C=O) groups excluding carboxylic acids is 2. The fraction of sp³-hybridized carbons (Fsp3) is 0.407. The van der Waals surface area contributed by atoms with Crippen molar-refractivity contribution in [1.82, 2.24) is 9.97 Å². The smallest absolute Gasteiger partial charge is 0.161 e. The van der Waals surface area contributed by atoms with E-state index in [0.717, 1.165) is 107 Å². The van der Waals surface area contributed by atoms with Crippen molar-refractivity contribution in [2.45, 2.75) is 102 Å². The molecule has 4 unspecified atom stereocenters. The fourth-order valence-corrected chi connectivity index (χ4v) is 10.9. The van der Waals surface area contributed by atoms with Crippen LogP contribution in [0.4, 0.5) is 5.82 Å². The fourth-order valence-electron chi connectivity index (χ4n) is 10.9. The first-order chi connectivity index (χ1) is 31.3. The van der Waals surface area contributed by atoms with E-state index in [1.807, 2.05) is 36.7 Å². The van der Waals surface area contributed by atoms with Crippen LogP contribution >= 0.6 is 0 Å². The number of aryl methyl sites for hydroxylation is 3.